The van der Waals surface area contributed by atoms with Crippen LogP contribution in [0.2, 0.25) is 0 Å². The molecule has 2 N–H and O–H groups in total. The molecular formula is C12H16N2O3S. The highest BCUT2D eigenvalue weighted by Crippen LogP contribution is 2.18. The van der Waals surface area contributed by atoms with Crippen molar-refractivity contribution in [1.82, 2.24) is 5.32 Å². The summed E-state index contributed by atoms with van der Waals surface area (Å²) in [6, 6.07) is 6.64. The minimum Gasteiger partial charge on any atom is -0.325 e. The Kier molecular flexibility index (Phi) is 3.68. The summed E-state index contributed by atoms with van der Waals surface area (Å²) in [5.74, 6) is -0.117. The van der Waals surface area contributed by atoms with Crippen LogP contribution in [0.5, 0.6) is 0 Å². The Balaban J connectivity index is 1.90. The first kappa shape index (κ1) is 13.0. The van der Waals surface area contributed by atoms with E-state index in [1.54, 1.807) is 12.1 Å². The summed E-state index contributed by atoms with van der Waals surface area (Å²) >= 11 is 0. The van der Waals surface area contributed by atoms with Gasteiger partial charge in [-0.3, -0.25) is 4.79 Å². The predicted molar refractivity (Wildman–Crippen MR) is 69.2 cm³/mol. The number of carbonyl (C=O) groups excluding carboxylic acids is 1. The van der Waals surface area contributed by atoms with Gasteiger partial charge in [-0.1, -0.05) is 0 Å². The second-order valence-corrected chi connectivity index (χ2v) is 6.52. The number of amides is 1. The Bertz CT molecular complexity index is 533. The van der Waals surface area contributed by atoms with Crippen LogP contribution in [0.1, 0.15) is 12.8 Å². The Morgan fingerprint density at radius 2 is 1.89 bits per heavy atom. The van der Waals surface area contributed by atoms with Crippen molar-refractivity contribution in [1.29, 1.82) is 0 Å². The minimum absolute atomic E-state index is 0.117. The molecule has 0 unspecified atom stereocenters. The zero-order chi connectivity index (χ0) is 13.2. The van der Waals surface area contributed by atoms with Gasteiger partial charge in [0, 0.05) is 18.0 Å². The molecule has 2 rings (SSSR count). The second-order valence-electron chi connectivity index (χ2n) is 4.50. The van der Waals surface area contributed by atoms with Crippen LogP contribution in [0, 0.1) is 0 Å². The van der Waals surface area contributed by atoms with Gasteiger partial charge in [0.2, 0.25) is 5.91 Å². The molecule has 0 spiro atoms. The number of benzene rings is 1. The lowest BCUT2D eigenvalue weighted by molar-refractivity contribution is -0.115. The summed E-state index contributed by atoms with van der Waals surface area (Å²) in [7, 11) is -3.19. The van der Waals surface area contributed by atoms with E-state index in [2.05, 4.69) is 10.6 Å². The highest BCUT2D eigenvalue weighted by Gasteiger charge is 2.21. The van der Waals surface area contributed by atoms with Gasteiger partial charge in [0.15, 0.2) is 9.84 Å². The van der Waals surface area contributed by atoms with E-state index in [1.807, 2.05) is 0 Å². The first-order valence-corrected chi connectivity index (χ1v) is 7.67. The van der Waals surface area contributed by atoms with Crippen LogP contribution in [0.4, 0.5) is 5.69 Å². The molecule has 1 aliphatic rings. The largest absolute Gasteiger partial charge is 0.325 e. The molecule has 1 aromatic carbocycles. The fraction of sp³-hybridized carbons (Fsp3) is 0.417. The molecule has 0 saturated heterocycles. The molecule has 0 aliphatic heterocycles. The molecule has 1 fully saturated rings. The van der Waals surface area contributed by atoms with Gasteiger partial charge in [-0.15, -0.1) is 0 Å². The van der Waals surface area contributed by atoms with Crippen LogP contribution >= 0.6 is 0 Å². The van der Waals surface area contributed by atoms with E-state index >= 15 is 0 Å². The van der Waals surface area contributed by atoms with Gasteiger partial charge >= 0.3 is 0 Å². The zero-order valence-electron chi connectivity index (χ0n) is 10.1. The van der Waals surface area contributed by atoms with Crippen LogP contribution in [0.3, 0.4) is 0 Å². The van der Waals surface area contributed by atoms with Gasteiger partial charge in [0.05, 0.1) is 11.4 Å². The monoisotopic (exact) mass is 268 g/mol. The summed E-state index contributed by atoms with van der Waals surface area (Å²) in [4.78, 5) is 11.8. The van der Waals surface area contributed by atoms with Crippen molar-refractivity contribution in [2.45, 2.75) is 23.8 Å². The van der Waals surface area contributed by atoms with Gasteiger partial charge < -0.3 is 10.6 Å². The highest BCUT2D eigenvalue weighted by atomic mass is 32.2. The molecule has 6 heteroatoms. The van der Waals surface area contributed by atoms with Crippen molar-refractivity contribution in [2.75, 3.05) is 18.1 Å². The molecule has 0 heterocycles. The molecule has 1 aromatic rings. The van der Waals surface area contributed by atoms with E-state index in [0.29, 0.717) is 18.3 Å². The van der Waals surface area contributed by atoms with E-state index < -0.39 is 9.84 Å². The molecular weight excluding hydrogens is 252 g/mol. The molecule has 1 saturated carbocycles. The lowest BCUT2D eigenvalue weighted by Crippen LogP contribution is -2.29. The fourth-order valence-corrected chi connectivity index (χ4v) is 2.15. The van der Waals surface area contributed by atoms with E-state index in [1.165, 1.54) is 12.1 Å². The summed E-state index contributed by atoms with van der Waals surface area (Å²) in [6.45, 7) is 0.290. The topological polar surface area (TPSA) is 75.3 Å². The van der Waals surface area contributed by atoms with E-state index in [4.69, 9.17) is 0 Å². The second kappa shape index (κ2) is 5.07. The molecule has 98 valence electrons. The third-order valence-corrected chi connectivity index (χ3v) is 3.82. The molecule has 1 aliphatic carbocycles. The Hall–Kier alpha value is -1.40. The van der Waals surface area contributed by atoms with Crippen molar-refractivity contribution in [3.8, 4) is 0 Å². The number of sulfone groups is 1. The van der Waals surface area contributed by atoms with Crippen molar-refractivity contribution in [3.63, 3.8) is 0 Å². The fourth-order valence-electron chi connectivity index (χ4n) is 1.52. The molecule has 0 aromatic heterocycles. The Morgan fingerprint density at radius 1 is 1.28 bits per heavy atom. The van der Waals surface area contributed by atoms with Gasteiger partial charge in [-0.05, 0) is 37.1 Å². The standard InChI is InChI=1S/C12H16N2O3S/c1-18(16,17)11-6-4-10(5-7-11)14-12(15)8-13-9-2-3-9/h4-7,9,13H,2-3,8H2,1H3,(H,14,15). The van der Waals surface area contributed by atoms with Gasteiger partial charge in [0.1, 0.15) is 0 Å². The smallest absolute Gasteiger partial charge is 0.238 e. The van der Waals surface area contributed by atoms with Crippen LogP contribution in [0.25, 0.3) is 0 Å². The molecule has 5 nitrogen and oxygen atoms in total. The van der Waals surface area contributed by atoms with Crippen molar-refractivity contribution < 1.29 is 13.2 Å². The average Bonchev–Trinajstić information content (AvgIpc) is 3.09. The van der Waals surface area contributed by atoms with E-state index in [9.17, 15) is 13.2 Å². The van der Waals surface area contributed by atoms with Crippen LogP contribution in [-0.2, 0) is 14.6 Å². The van der Waals surface area contributed by atoms with Crippen molar-refractivity contribution in [2.24, 2.45) is 0 Å². The number of carbonyl (C=O) groups is 1. The van der Waals surface area contributed by atoms with Gasteiger partial charge in [-0.2, -0.15) is 0 Å². The predicted octanol–water partition coefficient (Wildman–Crippen LogP) is 0.781. The van der Waals surface area contributed by atoms with Crippen LogP contribution < -0.4 is 10.6 Å². The number of hydrogen-bond acceptors (Lipinski definition) is 4. The number of hydrogen-bond donors (Lipinski definition) is 2. The molecule has 0 atom stereocenters. The summed E-state index contributed by atoms with van der Waals surface area (Å²) in [5.41, 5.74) is 0.602. The molecule has 1 amide bonds. The van der Waals surface area contributed by atoms with E-state index in [-0.39, 0.29) is 10.8 Å². The molecule has 0 bridgehead atoms. The highest BCUT2D eigenvalue weighted by molar-refractivity contribution is 7.90. The molecule has 18 heavy (non-hydrogen) atoms. The Labute approximate surface area is 107 Å². The van der Waals surface area contributed by atoms with Crippen molar-refractivity contribution in [3.05, 3.63) is 24.3 Å². The Morgan fingerprint density at radius 3 is 2.39 bits per heavy atom. The first-order chi connectivity index (χ1) is 8.45. The van der Waals surface area contributed by atoms with Crippen molar-refractivity contribution >= 4 is 21.4 Å². The minimum atomic E-state index is -3.19. The maximum atomic E-state index is 11.5. The third-order valence-electron chi connectivity index (χ3n) is 2.69. The zero-order valence-corrected chi connectivity index (χ0v) is 11.0. The average molecular weight is 268 g/mol. The SMILES string of the molecule is CS(=O)(=O)c1ccc(NC(=O)CNC2CC2)cc1. The summed E-state index contributed by atoms with van der Waals surface area (Å²) < 4.78 is 22.5. The molecule has 0 radical (unpaired) electrons. The number of anilines is 1. The first-order valence-electron chi connectivity index (χ1n) is 5.78. The summed E-state index contributed by atoms with van der Waals surface area (Å²) in [6.07, 6.45) is 3.42. The quantitative estimate of drug-likeness (QED) is 0.827. The third kappa shape index (κ3) is 3.82. The maximum absolute atomic E-state index is 11.5. The van der Waals surface area contributed by atoms with Gasteiger partial charge in [-0.25, -0.2) is 8.42 Å². The lowest BCUT2D eigenvalue weighted by Gasteiger charge is -2.06. The normalized spacial score (nSPS) is 15.4. The van der Waals surface area contributed by atoms with Crippen LogP contribution in [0.15, 0.2) is 29.2 Å². The number of nitrogens with one attached hydrogen (secondary N) is 2. The van der Waals surface area contributed by atoms with Gasteiger partial charge in [0.25, 0.3) is 0 Å². The summed E-state index contributed by atoms with van der Waals surface area (Å²) in [5, 5.41) is 5.81. The maximum Gasteiger partial charge on any atom is 0.238 e. The lowest BCUT2D eigenvalue weighted by atomic mass is 10.3. The number of rotatable bonds is 5. The van der Waals surface area contributed by atoms with Crippen LogP contribution in [-0.4, -0.2) is 33.2 Å². The van der Waals surface area contributed by atoms with E-state index in [0.717, 1.165) is 19.1 Å².